The molecule has 0 bridgehead atoms. The zero-order valence-corrected chi connectivity index (χ0v) is 9.56. The number of hydrogen-bond acceptors (Lipinski definition) is 5. The lowest BCUT2D eigenvalue weighted by atomic mass is 10.4. The number of nitrogens with two attached hydrogens (primary N) is 1. The Bertz CT molecular complexity index is 505. The molecule has 0 aromatic carbocycles. The van der Waals surface area contributed by atoms with E-state index in [1.54, 1.807) is 6.20 Å². The van der Waals surface area contributed by atoms with Gasteiger partial charge in [-0.1, -0.05) is 11.6 Å². The van der Waals surface area contributed by atoms with E-state index >= 15 is 0 Å². The van der Waals surface area contributed by atoms with Crippen LogP contribution in [-0.4, -0.2) is 26.9 Å². The molecule has 7 heteroatoms. The van der Waals surface area contributed by atoms with E-state index in [1.165, 1.54) is 18.0 Å². The van der Waals surface area contributed by atoms with Crippen molar-refractivity contribution in [2.24, 2.45) is 0 Å². The van der Waals surface area contributed by atoms with Crippen LogP contribution in [0.1, 0.15) is 5.56 Å². The minimum Gasteiger partial charge on any atom is -0.467 e. The maximum atomic E-state index is 5.97. The van der Waals surface area contributed by atoms with Gasteiger partial charge in [0.15, 0.2) is 5.82 Å². The Morgan fingerprint density at radius 2 is 2.25 bits per heavy atom. The monoisotopic (exact) mass is 239 g/mol. The molecule has 6 nitrogen and oxygen atoms in total. The van der Waals surface area contributed by atoms with Crippen molar-refractivity contribution in [1.82, 2.24) is 19.7 Å². The van der Waals surface area contributed by atoms with Crippen molar-refractivity contribution >= 4 is 17.4 Å². The van der Waals surface area contributed by atoms with Crippen LogP contribution in [0.4, 0.5) is 5.82 Å². The summed E-state index contributed by atoms with van der Waals surface area (Å²) in [5.41, 5.74) is 6.50. The van der Waals surface area contributed by atoms with Gasteiger partial charge in [0.25, 0.3) is 0 Å². The molecular formula is C9H10ClN5O. The number of ether oxygens (including phenoxy) is 1. The summed E-state index contributed by atoms with van der Waals surface area (Å²) in [5, 5.41) is 4.46. The zero-order chi connectivity index (χ0) is 11.7. The molecule has 0 aliphatic carbocycles. The zero-order valence-electron chi connectivity index (χ0n) is 8.81. The first-order valence-electron chi connectivity index (χ1n) is 4.50. The number of methoxy groups -OCH3 is 1. The van der Waals surface area contributed by atoms with Crippen molar-refractivity contribution in [2.45, 2.75) is 6.92 Å². The van der Waals surface area contributed by atoms with Gasteiger partial charge in [0, 0.05) is 11.8 Å². The molecule has 84 valence electrons. The highest BCUT2D eigenvalue weighted by Crippen LogP contribution is 2.20. The molecule has 2 rings (SSSR count). The first kappa shape index (κ1) is 10.7. The van der Waals surface area contributed by atoms with E-state index in [4.69, 9.17) is 22.1 Å². The van der Waals surface area contributed by atoms with E-state index in [9.17, 15) is 0 Å². The molecule has 0 aliphatic heterocycles. The van der Waals surface area contributed by atoms with Crippen molar-refractivity contribution < 1.29 is 4.74 Å². The van der Waals surface area contributed by atoms with Gasteiger partial charge in [0.1, 0.15) is 10.8 Å². The van der Waals surface area contributed by atoms with Gasteiger partial charge in [0.05, 0.1) is 13.3 Å². The van der Waals surface area contributed by atoms with Crippen LogP contribution in [0.3, 0.4) is 0 Å². The number of hydrogen-bond donors (Lipinski definition) is 1. The van der Waals surface area contributed by atoms with Crippen molar-refractivity contribution in [1.29, 1.82) is 0 Å². The van der Waals surface area contributed by atoms with Crippen LogP contribution in [0.2, 0.25) is 5.02 Å². The third-order valence-electron chi connectivity index (χ3n) is 2.04. The molecule has 0 fully saturated rings. The molecule has 0 spiro atoms. The molecule has 2 aromatic rings. The second kappa shape index (κ2) is 3.97. The number of anilines is 1. The maximum Gasteiger partial charge on any atom is 0.318 e. The lowest BCUT2D eigenvalue weighted by Crippen LogP contribution is -2.03. The van der Waals surface area contributed by atoms with Crippen LogP contribution >= 0.6 is 11.6 Å². The molecule has 2 heterocycles. The third kappa shape index (κ3) is 1.79. The summed E-state index contributed by atoms with van der Waals surface area (Å²) in [5.74, 6) is 0.877. The lowest BCUT2D eigenvalue weighted by molar-refractivity contribution is 0.379. The molecule has 2 aromatic heterocycles. The standard InChI is InChI=1S/C9H10ClN5O/c1-5-4-15(14-7(5)11)8-6(10)3-12-9(13-8)16-2/h3-4H,1-2H3,(H2,11,14). The topological polar surface area (TPSA) is 78.9 Å². The van der Waals surface area contributed by atoms with Gasteiger partial charge in [-0.3, -0.25) is 0 Å². The smallest absolute Gasteiger partial charge is 0.318 e. The van der Waals surface area contributed by atoms with Crippen molar-refractivity contribution in [2.75, 3.05) is 12.8 Å². The highest BCUT2D eigenvalue weighted by atomic mass is 35.5. The fourth-order valence-electron chi connectivity index (χ4n) is 1.18. The summed E-state index contributed by atoms with van der Waals surface area (Å²) in [6.45, 7) is 1.85. The maximum absolute atomic E-state index is 5.97. The normalized spacial score (nSPS) is 10.4. The molecule has 0 amide bonds. The molecule has 0 unspecified atom stereocenters. The average Bonchev–Trinajstić information content (AvgIpc) is 2.60. The number of aryl methyl sites for hydroxylation is 1. The summed E-state index contributed by atoms with van der Waals surface area (Å²) < 4.78 is 6.41. The Labute approximate surface area is 97.0 Å². The fourth-order valence-corrected chi connectivity index (χ4v) is 1.36. The second-order valence-corrected chi connectivity index (χ2v) is 3.58. The van der Waals surface area contributed by atoms with E-state index in [0.717, 1.165) is 5.56 Å². The Morgan fingerprint density at radius 1 is 1.50 bits per heavy atom. The highest BCUT2D eigenvalue weighted by molar-refractivity contribution is 6.32. The van der Waals surface area contributed by atoms with Gasteiger partial charge >= 0.3 is 6.01 Å². The van der Waals surface area contributed by atoms with Crippen molar-refractivity contribution in [3.8, 4) is 11.8 Å². The van der Waals surface area contributed by atoms with Gasteiger partial charge in [-0.2, -0.15) is 4.98 Å². The Balaban J connectivity index is 2.54. The van der Waals surface area contributed by atoms with Crippen LogP contribution in [0.25, 0.3) is 5.82 Å². The van der Waals surface area contributed by atoms with Crippen LogP contribution in [-0.2, 0) is 0 Å². The lowest BCUT2D eigenvalue weighted by Gasteiger charge is -2.04. The summed E-state index contributed by atoms with van der Waals surface area (Å²) in [6, 6.07) is 0.228. The predicted octanol–water partition coefficient (Wildman–Crippen LogP) is 1.21. The summed E-state index contributed by atoms with van der Waals surface area (Å²) in [7, 11) is 1.48. The van der Waals surface area contributed by atoms with Gasteiger partial charge < -0.3 is 10.5 Å². The van der Waals surface area contributed by atoms with Crippen LogP contribution in [0.15, 0.2) is 12.4 Å². The van der Waals surface area contributed by atoms with Crippen LogP contribution in [0, 0.1) is 6.92 Å². The summed E-state index contributed by atoms with van der Waals surface area (Å²) in [4.78, 5) is 7.97. The minimum absolute atomic E-state index is 0.228. The molecule has 16 heavy (non-hydrogen) atoms. The Hall–Kier alpha value is -1.82. The van der Waals surface area contributed by atoms with Crippen LogP contribution < -0.4 is 10.5 Å². The van der Waals surface area contributed by atoms with Gasteiger partial charge in [-0.15, -0.1) is 5.10 Å². The Morgan fingerprint density at radius 3 is 2.81 bits per heavy atom. The first-order chi connectivity index (χ1) is 7.61. The average molecular weight is 240 g/mol. The minimum atomic E-state index is 0.228. The molecule has 0 aliphatic rings. The number of nitrogen functional groups attached to an aromatic ring is 1. The van der Waals surface area contributed by atoms with E-state index < -0.39 is 0 Å². The molecule has 0 atom stereocenters. The van der Waals surface area contributed by atoms with E-state index in [1.807, 2.05) is 6.92 Å². The largest absolute Gasteiger partial charge is 0.467 e. The summed E-state index contributed by atoms with van der Waals surface area (Å²) >= 11 is 5.97. The predicted molar refractivity (Wildman–Crippen MR) is 59.9 cm³/mol. The fraction of sp³-hybridized carbons (Fsp3) is 0.222. The van der Waals surface area contributed by atoms with Gasteiger partial charge in [-0.25, -0.2) is 9.67 Å². The molecular weight excluding hydrogens is 230 g/mol. The molecule has 0 saturated heterocycles. The second-order valence-electron chi connectivity index (χ2n) is 3.17. The first-order valence-corrected chi connectivity index (χ1v) is 4.88. The number of halogens is 1. The number of aromatic nitrogens is 4. The van der Waals surface area contributed by atoms with E-state index in [2.05, 4.69) is 15.1 Å². The number of rotatable bonds is 2. The quantitative estimate of drug-likeness (QED) is 0.852. The van der Waals surface area contributed by atoms with Gasteiger partial charge in [-0.05, 0) is 6.92 Å². The highest BCUT2D eigenvalue weighted by Gasteiger charge is 2.10. The SMILES string of the molecule is COc1ncc(Cl)c(-n2cc(C)c(N)n2)n1. The molecule has 2 N–H and O–H groups in total. The molecule has 0 radical (unpaired) electrons. The van der Waals surface area contributed by atoms with E-state index in [0.29, 0.717) is 16.7 Å². The number of nitrogens with zero attached hydrogens (tertiary/aromatic N) is 4. The third-order valence-corrected chi connectivity index (χ3v) is 2.31. The summed E-state index contributed by atoms with van der Waals surface area (Å²) in [6.07, 6.45) is 3.19. The van der Waals surface area contributed by atoms with Crippen LogP contribution in [0.5, 0.6) is 6.01 Å². The van der Waals surface area contributed by atoms with Crippen molar-refractivity contribution in [3.63, 3.8) is 0 Å². The van der Waals surface area contributed by atoms with Gasteiger partial charge in [0.2, 0.25) is 0 Å². The van der Waals surface area contributed by atoms with E-state index in [-0.39, 0.29) is 6.01 Å². The Kier molecular flexibility index (Phi) is 2.66. The van der Waals surface area contributed by atoms with Crippen molar-refractivity contribution in [3.05, 3.63) is 23.0 Å². The molecule has 0 saturated carbocycles.